The Morgan fingerprint density at radius 3 is 2.44 bits per heavy atom. The predicted molar refractivity (Wildman–Crippen MR) is 69.7 cm³/mol. The Hall–Kier alpha value is -0.640. The highest BCUT2D eigenvalue weighted by Crippen LogP contribution is 2.24. The van der Waals surface area contributed by atoms with Gasteiger partial charge in [-0.1, -0.05) is 34.6 Å². The quantitative estimate of drug-likeness (QED) is 0.838. The molecular formula is C12H19BrN2O. The summed E-state index contributed by atoms with van der Waals surface area (Å²) in [6, 6.07) is 0. The van der Waals surface area contributed by atoms with Crippen molar-refractivity contribution < 1.29 is 0 Å². The summed E-state index contributed by atoms with van der Waals surface area (Å²) in [7, 11) is 0. The molecule has 0 saturated heterocycles. The van der Waals surface area contributed by atoms with Crippen LogP contribution in [0.4, 0.5) is 0 Å². The number of hydrogen-bond donors (Lipinski definition) is 0. The van der Waals surface area contributed by atoms with Gasteiger partial charge >= 0.3 is 0 Å². The summed E-state index contributed by atoms with van der Waals surface area (Å²) in [6.07, 6.45) is 1.65. The third-order valence-electron chi connectivity index (χ3n) is 2.26. The highest BCUT2D eigenvalue weighted by Gasteiger charge is 2.21. The second-order valence-corrected chi connectivity index (χ2v) is 6.30. The van der Waals surface area contributed by atoms with Crippen LogP contribution < -0.4 is 5.56 Å². The molecule has 1 aromatic heterocycles. The molecule has 0 N–H and O–H groups in total. The van der Waals surface area contributed by atoms with E-state index >= 15 is 0 Å². The molecule has 3 nitrogen and oxygen atoms in total. The van der Waals surface area contributed by atoms with Crippen molar-refractivity contribution in [3.05, 3.63) is 26.8 Å². The predicted octanol–water partition coefficient (Wildman–Crippen LogP) is 2.96. The van der Waals surface area contributed by atoms with Crippen LogP contribution in [0.25, 0.3) is 0 Å². The summed E-state index contributed by atoms with van der Waals surface area (Å²) in [5.41, 5.74) is 0.709. The molecule has 0 bridgehead atoms. The average molecular weight is 287 g/mol. The second-order valence-electron chi connectivity index (χ2n) is 5.51. The number of rotatable bonds is 2. The van der Waals surface area contributed by atoms with Gasteiger partial charge in [0.1, 0.15) is 4.47 Å². The van der Waals surface area contributed by atoms with Gasteiger partial charge in [0, 0.05) is 12.0 Å². The second kappa shape index (κ2) is 4.70. The third-order valence-corrected chi connectivity index (χ3v) is 2.97. The highest BCUT2D eigenvalue weighted by atomic mass is 79.9. The van der Waals surface area contributed by atoms with E-state index in [1.165, 1.54) is 0 Å². The van der Waals surface area contributed by atoms with Gasteiger partial charge in [-0.05, 0) is 21.8 Å². The van der Waals surface area contributed by atoms with Crippen LogP contribution in [0.15, 0.2) is 15.6 Å². The zero-order chi connectivity index (χ0) is 12.5. The maximum absolute atomic E-state index is 12.0. The van der Waals surface area contributed by atoms with Crippen molar-refractivity contribution in [2.45, 2.75) is 46.6 Å². The van der Waals surface area contributed by atoms with E-state index in [2.05, 4.69) is 34.8 Å². The topological polar surface area (TPSA) is 34.9 Å². The Bertz CT molecular complexity index is 430. The summed E-state index contributed by atoms with van der Waals surface area (Å²) in [5, 5.41) is 0. The first-order chi connectivity index (χ1) is 7.23. The molecule has 0 unspecified atom stereocenters. The van der Waals surface area contributed by atoms with Crippen molar-refractivity contribution in [3.63, 3.8) is 0 Å². The molecule has 0 aromatic carbocycles. The number of hydrogen-bond acceptors (Lipinski definition) is 2. The first-order valence-corrected chi connectivity index (χ1v) is 6.28. The van der Waals surface area contributed by atoms with E-state index < -0.39 is 0 Å². The van der Waals surface area contributed by atoms with Crippen molar-refractivity contribution in [2.24, 2.45) is 5.92 Å². The Balaban J connectivity index is 3.24. The third kappa shape index (κ3) is 2.94. The van der Waals surface area contributed by atoms with Gasteiger partial charge in [-0.15, -0.1) is 0 Å². The molecule has 0 atom stereocenters. The van der Waals surface area contributed by atoms with Crippen LogP contribution in [-0.4, -0.2) is 9.55 Å². The van der Waals surface area contributed by atoms with Crippen LogP contribution in [0, 0.1) is 5.92 Å². The fourth-order valence-electron chi connectivity index (χ4n) is 1.51. The van der Waals surface area contributed by atoms with E-state index in [0.29, 0.717) is 16.9 Å². The van der Waals surface area contributed by atoms with Crippen LogP contribution in [0.3, 0.4) is 0 Å². The van der Waals surface area contributed by atoms with Crippen LogP contribution in [0.1, 0.15) is 40.3 Å². The van der Waals surface area contributed by atoms with Crippen LogP contribution in [-0.2, 0) is 12.0 Å². The van der Waals surface area contributed by atoms with Crippen molar-refractivity contribution >= 4 is 15.9 Å². The fraction of sp³-hybridized carbons (Fsp3) is 0.667. The van der Waals surface area contributed by atoms with E-state index in [9.17, 15) is 4.79 Å². The van der Waals surface area contributed by atoms with E-state index in [-0.39, 0.29) is 11.0 Å². The van der Waals surface area contributed by atoms with Gasteiger partial charge in [-0.3, -0.25) is 9.36 Å². The molecule has 16 heavy (non-hydrogen) atoms. The smallest absolute Gasteiger partial charge is 0.267 e. The molecule has 1 aromatic rings. The molecular weight excluding hydrogens is 268 g/mol. The Morgan fingerprint density at radius 1 is 1.44 bits per heavy atom. The lowest BCUT2D eigenvalue weighted by molar-refractivity contribution is 0.490. The number of halogens is 1. The molecule has 0 aliphatic rings. The fourth-order valence-corrected chi connectivity index (χ4v) is 2.44. The minimum absolute atomic E-state index is 0.00799. The van der Waals surface area contributed by atoms with Crippen LogP contribution >= 0.6 is 15.9 Å². The SMILES string of the molecule is CC(C)Cn1cnc(C(C)(C)C)c(Br)c1=O. The molecule has 0 amide bonds. The van der Waals surface area contributed by atoms with Crippen molar-refractivity contribution in [2.75, 3.05) is 0 Å². The van der Waals surface area contributed by atoms with Crippen molar-refractivity contribution in [1.82, 2.24) is 9.55 Å². The number of nitrogens with zero attached hydrogens (tertiary/aromatic N) is 2. The zero-order valence-electron chi connectivity index (χ0n) is 10.5. The summed E-state index contributed by atoms with van der Waals surface area (Å²) in [5.74, 6) is 0.437. The molecule has 0 saturated carbocycles. The minimum atomic E-state index is -0.116. The molecule has 0 radical (unpaired) electrons. The standard InChI is InChI=1S/C12H19BrN2O/c1-8(2)6-15-7-14-10(12(3,4)5)9(13)11(15)16/h7-8H,6H2,1-5H3. The first kappa shape index (κ1) is 13.4. The molecule has 1 rings (SSSR count). The molecule has 0 fully saturated rings. The summed E-state index contributed by atoms with van der Waals surface area (Å²) < 4.78 is 2.24. The maximum atomic E-state index is 12.0. The zero-order valence-corrected chi connectivity index (χ0v) is 12.1. The van der Waals surface area contributed by atoms with Crippen LogP contribution in [0.5, 0.6) is 0 Å². The highest BCUT2D eigenvalue weighted by molar-refractivity contribution is 9.10. The molecule has 1 heterocycles. The summed E-state index contributed by atoms with van der Waals surface area (Å²) in [4.78, 5) is 16.4. The average Bonchev–Trinajstić information content (AvgIpc) is 2.10. The van der Waals surface area contributed by atoms with E-state index in [4.69, 9.17) is 0 Å². The molecule has 0 aliphatic carbocycles. The number of aromatic nitrogens is 2. The molecule has 4 heteroatoms. The van der Waals surface area contributed by atoms with Gasteiger partial charge < -0.3 is 0 Å². The Kier molecular flexibility index (Phi) is 3.94. The van der Waals surface area contributed by atoms with Gasteiger partial charge in [0.15, 0.2) is 0 Å². The Morgan fingerprint density at radius 2 is 2.00 bits per heavy atom. The van der Waals surface area contributed by atoms with Crippen molar-refractivity contribution in [3.8, 4) is 0 Å². The normalized spacial score (nSPS) is 12.2. The van der Waals surface area contributed by atoms with Gasteiger partial charge in [0.2, 0.25) is 0 Å². The largest absolute Gasteiger partial charge is 0.298 e. The molecule has 0 spiro atoms. The molecule has 0 aliphatic heterocycles. The first-order valence-electron chi connectivity index (χ1n) is 5.49. The van der Waals surface area contributed by atoms with Crippen molar-refractivity contribution in [1.29, 1.82) is 0 Å². The monoisotopic (exact) mass is 286 g/mol. The summed E-state index contributed by atoms with van der Waals surface area (Å²) in [6.45, 7) is 11.0. The van der Waals surface area contributed by atoms with E-state index in [0.717, 1.165) is 5.69 Å². The lowest BCUT2D eigenvalue weighted by Gasteiger charge is -2.20. The van der Waals surface area contributed by atoms with E-state index in [1.54, 1.807) is 10.9 Å². The van der Waals surface area contributed by atoms with Gasteiger partial charge in [0.25, 0.3) is 5.56 Å². The van der Waals surface area contributed by atoms with Gasteiger partial charge in [0.05, 0.1) is 12.0 Å². The van der Waals surface area contributed by atoms with Gasteiger partial charge in [-0.25, -0.2) is 4.98 Å². The van der Waals surface area contributed by atoms with E-state index in [1.807, 2.05) is 20.8 Å². The van der Waals surface area contributed by atoms with Gasteiger partial charge in [-0.2, -0.15) is 0 Å². The minimum Gasteiger partial charge on any atom is -0.298 e. The van der Waals surface area contributed by atoms with Crippen LogP contribution in [0.2, 0.25) is 0 Å². The Labute approximate surface area is 105 Å². The summed E-state index contributed by atoms with van der Waals surface area (Å²) >= 11 is 3.36. The maximum Gasteiger partial charge on any atom is 0.267 e. The lowest BCUT2D eigenvalue weighted by atomic mass is 9.92. The lowest BCUT2D eigenvalue weighted by Crippen LogP contribution is -2.28. The molecule has 90 valence electrons.